The van der Waals surface area contributed by atoms with Gasteiger partial charge in [0.2, 0.25) is 6.71 Å². The molecule has 0 aliphatic heterocycles. The molecule has 31 heavy (non-hydrogen) atoms. The summed E-state index contributed by atoms with van der Waals surface area (Å²) >= 11 is 0. The van der Waals surface area contributed by atoms with Gasteiger partial charge < -0.3 is 0 Å². The molecule has 158 valence electrons. The van der Waals surface area contributed by atoms with Crippen molar-refractivity contribution in [3.8, 4) is 0 Å². The molecule has 3 aromatic carbocycles. The van der Waals surface area contributed by atoms with Crippen molar-refractivity contribution in [1.82, 2.24) is 0 Å². The van der Waals surface area contributed by atoms with Crippen LogP contribution in [-0.2, 0) is 0 Å². The third kappa shape index (κ3) is 5.13. The highest BCUT2D eigenvalue weighted by Gasteiger charge is 2.36. The Labute approximate surface area is 190 Å². The van der Waals surface area contributed by atoms with Crippen LogP contribution in [0.5, 0.6) is 0 Å². The summed E-state index contributed by atoms with van der Waals surface area (Å²) in [6.45, 7) is 7.96. The van der Waals surface area contributed by atoms with Crippen molar-refractivity contribution >= 4 is 31.2 Å². The largest absolute Gasteiger partial charge is 0.241 e. The first-order chi connectivity index (χ1) is 15.1. The molecule has 0 spiro atoms. The fraction of sp³-hybridized carbons (Fsp3) is 0.310. The average Bonchev–Trinajstić information content (AvgIpc) is 2.80. The summed E-state index contributed by atoms with van der Waals surface area (Å²) in [5, 5.41) is 1.80. The van der Waals surface area contributed by atoms with E-state index in [0.29, 0.717) is 0 Å². The van der Waals surface area contributed by atoms with Gasteiger partial charge in [0.25, 0.3) is 0 Å². The van der Waals surface area contributed by atoms with Gasteiger partial charge in [0.05, 0.1) is 8.07 Å². The van der Waals surface area contributed by atoms with Crippen molar-refractivity contribution in [2.45, 2.75) is 51.7 Å². The third-order valence-electron chi connectivity index (χ3n) is 6.75. The summed E-state index contributed by atoms with van der Waals surface area (Å²) in [6.07, 6.45) is 6.86. The molecule has 2 heteroatoms. The molecule has 0 aromatic heterocycles. The summed E-state index contributed by atoms with van der Waals surface area (Å²) in [5.74, 6) is 0.727. The molecule has 0 N–H and O–H groups in total. The quantitative estimate of drug-likeness (QED) is 0.386. The molecule has 0 saturated heterocycles. The van der Waals surface area contributed by atoms with E-state index in [1.807, 2.05) is 0 Å². The standard InChI is InChI=1S/C29H35BSi/c1-31(2,3)29(25-18-10-5-11-19-25)28(24-16-8-4-9-17-24)30(26-20-12-6-13-21-26)27-22-14-7-15-23-27/h4,6-9,12-17,20-23,25H,5,10-11,18-19H2,1-3H3/b29-28-. The molecule has 0 bridgehead atoms. The minimum Gasteiger partial charge on any atom is -0.0820 e. The molecule has 0 amide bonds. The van der Waals surface area contributed by atoms with E-state index in [-0.39, 0.29) is 6.71 Å². The lowest BCUT2D eigenvalue weighted by molar-refractivity contribution is 0.412. The molecular weight excluding hydrogens is 387 g/mol. The zero-order valence-corrected chi connectivity index (χ0v) is 20.4. The van der Waals surface area contributed by atoms with Gasteiger partial charge in [0.1, 0.15) is 0 Å². The number of allylic oxidation sites excluding steroid dienone is 1. The first-order valence-corrected chi connectivity index (χ1v) is 15.5. The van der Waals surface area contributed by atoms with E-state index in [1.165, 1.54) is 48.6 Å². The normalized spacial score (nSPS) is 16.0. The third-order valence-corrected chi connectivity index (χ3v) is 9.04. The fourth-order valence-electron chi connectivity index (χ4n) is 5.54. The van der Waals surface area contributed by atoms with Gasteiger partial charge in [-0.3, -0.25) is 0 Å². The zero-order chi connectivity index (χ0) is 21.7. The van der Waals surface area contributed by atoms with Crippen LogP contribution in [0.1, 0.15) is 37.7 Å². The van der Waals surface area contributed by atoms with Gasteiger partial charge in [-0.05, 0) is 24.3 Å². The van der Waals surface area contributed by atoms with Crippen molar-refractivity contribution < 1.29 is 0 Å². The molecule has 1 saturated carbocycles. The van der Waals surface area contributed by atoms with Gasteiger partial charge in [0, 0.05) is 0 Å². The SMILES string of the molecule is C[Si](C)(C)/C(=C(\B(c1ccccc1)c1ccccc1)c1ccccc1)C1CCCCC1. The van der Waals surface area contributed by atoms with E-state index in [0.717, 1.165) is 5.92 Å². The van der Waals surface area contributed by atoms with Crippen molar-refractivity contribution in [1.29, 1.82) is 0 Å². The van der Waals surface area contributed by atoms with Crippen molar-refractivity contribution in [2.24, 2.45) is 5.92 Å². The minimum absolute atomic E-state index is 0.272. The number of rotatable bonds is 6. The number of benzene rings is 3. The predicted molar refractivity (Wildman–Crippen MR) is 141 cm³/mol. The fourth-order valence-corrected chi connectivity index (χ4v) is 8.15. The Kier molecular flexibility index (Phi) is 6.97. The maximum Gasteiger partial charge on any atom is 0.241 e. The van der Waals surface area contributed by atoms with Crippen LogP contribution < -0.4 is 10.9 Å². The second-order valence-electron chi connectivity index (χ2n) is 10.0. The highest BCUT2D eigenvalue weighted by Crippen LogP contribution is 2.40. The van der Waals surface area contributed by atoms with Crippen LogP contribution in [0.3, 0.4) is 0 Å². The summed E-state index contributed by atoms with van der Waals surface area (Å²) in [5.41, 5.74) is 5.80. The lowest BCUT2D eigenvalue weighted by Gasteiger charge is -2.37. The smallest absolute Gasteiger partial charge is 0.0820 e. The Morgan fingerprint density at radius 1 is 0.645 bits per heavy atom. The second-order valence-corrected chi connectivity index (χ2v) is 15.1. The van der Waals surface area contributed by atoms with Gasteiger partial charge in [-0.15, -0.1) is 0 Å². The predicted octanol–water partition coefficient (Wildman–Crippen LogP) is 6.75. The Morgan fingerprint density at radius 3 is 1.55 bits per heavy atom. The molecule has 1 fully saturated rings. The molecule has 4 rings (SSSR count). The van der Waals surface area contributed by atoms with E-state index in [9.17, 15) is 0 Å². The molecule has 0 unspecified atom stereocenters. The van der Waals surface area contributed by atoms with Crippen molar-refractivity contribution in [2.75, 3.05) is 0 Å². The first-order valence-electron chi connectivity index (χ1n) is 12.0. The van der Waals surface area contributed by atoms with Crippen LogP contribution in [-0.4, -0.2) is 14.8 Å². The molecule has 3 aromatic rings. The van der Waals surface area contributed by atoms with E-state index in [4.69, 9.17) is 0 Å². The molecule has 0 nitrogen and oxygen atoms in total. The van der Waals surface area contributed by atoms with Gasteiger partial charge in [-0.25, -0.2) is 0 Å². The number of hydrogen-bond donors (Lipinski definition) is 0. The van der Waals surface area contributed by atoms with E-state index in [1.54, 1.807) is 10.7 Å². The molecule has 0 radical (unpaired) electrons. The summed E-state index contributed by atoms with van der Waals surface area (Å²) in [7, 11) is -1.57. The van der Waals surface area contributed by atoms with E-state index < -0.39 is 8.07 Å². The number of hydrogen-bond acceptors (Lipinski definition) is 0. The van der Waals surface area contributed by atoms with Crippen molar-refractivity contribution in [3.63, 3.8) is 0 Å². The highest BCUT2D eigenvalue weighted by molar-refractivity contribution is 7.02. The molecule has 0 atom stereocenters. The maximum atomic E-state index is 2.56. The summed E-state index contributed by atoms with van der Waals surface area (Å²) in [4.78, 5) is 0. The van der Waals surface area contributed by atoms with Crippen LogP contribution >= 0.6 is 0 Å². The Balaban J connectivity index is 2.03. The van der Waals surface area contributed by atoms with E-state index in [2.05, 4.69) is 111 Å². The lowest BCUT2D eigenvalue weighted by atomic mass is 9.35. The van der Waals surface area contributed by atoms with Gasteiger partial charge in [-0.2, -0.15) is 0 Å². The molecule has 1 aliphatic rings. The summed E-state index contributed by atoms with van der Waals surface area (Å²) in [6, 6.07) is 33.6. The highest BCUT2D eigenvalue weighted by atomic mass is 28.3. The van der Waals surface area contributed by atoms with Gasteiger partial charge in [-0.1, -0.05) is 151 Å². The summed E-state index contributed by atoms with van der Waals surface area (Å²) < 4.78 is 0. The molecule has 0 heterocycles. The zero-order valence-electron chi connectivity index (χ0n) is 19.4. The van der Waals surface area contributed by atoms with Crippen LogP contribution in [0.15, 0.2) is 96.2 Å². The maximum absolute atomic E-state index is 2.56. The first kappa shape index (κ1) is 21.9. The van der Waals surface area contributed by atoms with Crippen LogP contribution in [0.2, 0.25) is 19.6 Å². The second kappa shape index (κ2) is 9.87. The van der Waals surface area contributed by atoms with Crippen LogP contribution in [0.25, 0.3) is 5.47 Å². The minimum atomic E-state index is -1.57. The monoisotopic (exact) mass is 422 g/mol. The Morgan fingerprint density at radius 2 is 1.10 bits per heavy atom. The van der Waals surface area contributed by atoms with Crippen molar-refractivity contribution in [3.05, 3.63) is 102 Å². The topological polar surface area (TPSA) is 0 Å². The van der Waals surface area contributed by atoms with Gasteiger partial charge in [0.15, 0.2) is 0 Å². The lowest BCUT2D eigenvalue weighted by Crippen LogP contribution is -2.46. The molecular formula is C29H35BSi. The van der Waals surface area contributed by atoms with Crippen LogP contribution in [0, 0.1) is 5.92 Å². The van der Waals surface area contributed by atoms with Gasteiger partial charge >= 0.3 is 0 Å². The van der Waals surface area contributed by atoms with E-state index >= 15 is 0 Å². The van der Waals surface area contributed by atoms with Crippen LogP contribution in [0.4, 0.5) is 0 Å². The molecule has 1 aliphatic carbocycles. The average molecular weight is 422 g/mol. The Bertz CT molecular complexity index is 942. The Hall–Kier alpha value is -2.32.